The van der Waals surface area contributed by atoms with E-state index in [9.17, 15) is 9.59 Å². The Balaban J connectivity index is 1.47. The van der Waals surface area contributed by atoms with Crippen LogP contribution < -0.4 is 5.32 Å². The van der Waals surface area contributed by atoms with Crippen LogP contribution in [0.1, 0.15) is 32.0 Å². The van der Waals surface area contributed by atoms with Crippen molar-refractivity contribution in [3.8, 4) is 0 Å². The summed E-state index contributed by atoms with van der Waals surface area (Å²) >= 11 is 0. The van der Waals surface area contributed by atoms with Crippen LogP contribution in [0.25, 0.3) is 0 Å². The summed E-state index contributed by atoms with van der Waals surface area (Å²) < 4.78 is 4.71. The highest BCUT2D eigenvalue weighted by Gasteiger charge is 2.22. The number of hydrogen-bond donors (Lipinski definition) is 1. The fraction of sp³-hybridized carbons (Fsp3) is 0.174. The Hall–Kier alpha value is -3.67. The molecule has 3 aromatic rings. The van der Waals surface area contributed by atoms with Crippen molar-refractivity contribution in [1.82, 2.24) is 9.88 Å². The van der Waals surface area contributed by atoms with Gasteiger partial charge in [-0.25, -0.2) is 4.79 Å². The number of hydrogen-bond acceptors (Lipinski definition) is 5. The summed E-state index contributed by atoms with van der Waals surface area (Å²) in [5.41, 5.74) is 4.93. The van der Waals surface area contributed by atoms with Gasteiger partial charge in [0, 0.05) is 30.7 Å². The van der Waals surface area contributed by atoms with E-state index in [2.05, 4.69) is 22.4 Å². The summed E-state index contributed by atoms with van der Waals surface area (Å²) in [6, 6.07) is 18.7. The zero-order chi connectivity index (χ0) is 20.2. The number of methoxy groups -OCH3 is 1. The lowest BCUT2D eigenvalue weighted by Gasteiger charge is -2.28. The molecule has 0 saturated carbocycles. The Bertz CT molecular complexity index is 1050. The third-order valence-corrected chi connectivity index (χ3v) is 4.99. The molecule has 0 spiro atoms. The van der Waals surface area contributed by atoms with Gasteiger partial charge in [0.2, 0.25) is 0 Å². The predicted molar refractivity (Wildman–Crippen MR) is 110 cm³/mol. The molecule has 0 saturated heterocycles. The lowest BCUT2D eigenvalue weighted by atomic mass is 10.00. The van der Waals surface area contributed by atoms with Crippen LogP contribution in [0, 0.1) is 0 Å². The first-order valence-electron chi connectivity index (χ1n) is 9.41. The first-order valence-corrected chi connectivity index (χ1v) is 9.41. The van der Waals surface area contributed by atoms with Gasteiger partial charge in [-0.15, -0.1) is 0 Å². The molecule has 146 valence electrons. The number of fused-ring (bicyclic) bond motifs is 1. The van der Waals surface area contributed by atoms with Crippen LogP contribution in [0.4, 0.5) is 11.4 Å². The van der Waals surface area contributed by atoms with E-state index in [-0.39, 0.29) is 11.9 Å². The number of aromatic nitrogens is 1. The molecule has 4 rings (SSSR count). The number of ether oxygens (including phenoxy) is 1. The summed E-state index contributed by atoms with van der Waals surface area (Å²) in [5, 5.41) is 3.24. The van der Waals surface area contributed by atoms with Crippen molar-refractivity contribution in [2.24, 2.45) is 0 Å². The van der Waals surface area contributed by atoms with Crippen LogP contribution in [0.2, 0.25) is 0 Å². The zero-order valence-corrected chi connectivity index (χ0v) is 16.1. The van der Waals surface area contributed by atoms with Gasteiger partial charge in [-0.1, -0.05) is 24.3 Å². The van der Waals surface area contributed by atoms with Gasteiger partial charge in [0.25, 0.3) is 5.91 Å². The summed E-state index contributed by atoms with van der Waals surface area (Å²) in [5.74, 6) is -0.458. The van der Waals surface area contributed by atoms with E-state index in [0.29, 0.717) is 24.3 Å². The Labute approximate surface area is 169 Å². The molecule has 29 heavy (non-hydrogen) atoms. The summed E-state index contributed by atoms with van der Waals surface area (Å²) in [4.78, 5) is 30.6. The number of esters is 1. The second kappa shape index (κ2) is 8.14. The second-order valence-corrected chi connectivity index (χ2v) is 6.87. The molecule has 2 aromatic carbocycles. The Morgan fingerprint density at radius 3 is 2.52 bits per heavy atom. The van der Waals surface area contributed by atoms with E-state index < -0.39 is 0 Å². The smallest absolute Gasteiger partial charge is 0.337 e. The summed E-state index contributed by atoms with van der Waals surface area (Å²) in [6.07, 6.45) is 2.47. The van der Waals surface area contributed by atoms with Crippen molar-refractivity contribution in [3.05, 3.63) is 89.2 Å². The largest absolute Gasteiger partial charge is 0.465 e. The van der Waals surface area contributed by atoms with Gasteiger partial charge in [0.05, 0.1) is 12.7 Å². The molecule has 1 aliphatic rings. The number of rotatable bonds is 4. The number of nitrogens with zero attached hydrogens (tertiary/aromatic N) is 2. The standard InChI is InChI=1S/C23H21N3O3/c1-29-23(28)17-6-8-19(9-7-17)25-20-10-12-24-21(14-20)22(27)26-13-11-16-4-2-3-5-18(16)15-26/h2-10,12,14H,11,13,15H2,1H3,(H,24,25). The summed E-state index contributed by atoms with van der Waals surface area (Å²) in [6.45, 7) is 1.29. The third-order valence-electron chi connectivity index (χ3n) is 4.99. The summed E-state index contributed by atoms with van der Waals surface area (Å²) in [7, 11) is 1.35. The van der Waals surface area contributed by atoms with Crippen LogP contribution in [0.15, 0.2) is 66.9 Å². The van der Waals surface area contributed by atoms with Crippen LogP contribution in [-0.4, -0.2) is 35.4 Å². The van der Waals surface area contributed by atoms with Gasteiger partial charge >= 0.3 is 5.97 Å². The Morgan fingerprint density at radius 2 is 1.76 bits per heavy atom. The number of carbonyl (C=O) groups is 2. The van der Waals surface area contributed by atoms with Crippen molar-refractivity contribution in [2.75, 3.05) is 19.0 Å². The molecule has 0 unspecified atom stereocenters. The normalized spacial score (nSPS) is 12.8. The average Bonchev–Trinajstić information content (AvgIpc) is 2.78. The van der Waals surface area contributed by atoms with Gasteiger partial charge in [-0.3, -0.25) is 9.78 Å². The lowest BCUT2D eigenvalue weighted by Crippen LogP contribution is -2.36. The molecule has 1 N–H and O–H groups in total. The molecule has 0 fully saturated rings. The Kier molecular flexibility index (Phi) is 5.24. The van der Waals surface area contributed by atoms with Gasteiger partial charge in [-0.05, 0) is 53.9 Å². The van der Waals surface area contributed by atoms with Gasteiger partial charge in [0.15, 0.2) is 0 Å². The van der Waals surface area contributed by atoms with Crippen molar-refractivity contribution in [2.45, 2.75) is 13.0 Å². The molecule has 6 heteroatoms. The molecule has 1 aromatic heterocycles. The zero-order valence-electron chi connectivity index (χ0n) is 16.1. The SMILES string of the molecule is COC(=O)c1ccc(Nc2ccnc(C(=O)N3CCc4ccccc4C3)c2)cc1. The quantitative estimate of drug-likeness (QED) is 0.690. The monoisotopic (exact) mass is 387 g/mol. The van der Waals surface area contributed by atoms with Gasteiger partial charge < -0.3 is 15.0 Å². The molecule has 6 nitrogen and oxygen atoms in total. The van der Waals surface area contributed by atoms with Crippen molar-refractivity contribution < 1.29 is 14.3 Å². The number of benzene rings is 2. The van der Waals surface area contributed by atoms with E-state index in [1.807, 2.05) is 17.0 Å². The molecular formula is C23H21N3O3. The van der Waals surface area contributed by atoms with Gasteiger partial charge in [-0.2, -0.15) is 0 Å². The number of carbonyl (C=O) groups excluding carboxylic acids is 2. The molecule has 1 amide bonds. The van der Waals surface area contributed by atoms with E-state index in [0.717, 1.165) is 17.8 Å². The van der Waals surface area contributed by atoms with E-state index in [1.165, 1.54) is 18.2 Å². The molecular weight excluding hydrogens is 366 g/mol. The molecule has 0 atom stereocenters. The van der Waals surface area contributed by atoms with Crippen LogP contribution in [-0.2, 0) is 17.7 Å². The Morgan fingerprint density at radius 1 is 1.00 bits per heavy atom. The first-order chi connectivity index (χ1) is 14.1. The fourth-order valence-corrected chi connectivity index (χ4v) is 3.43. The number of amides is 1. The lowest BCUT2D eigenvalue weighted by molar-refractivity contribution is 0.0600. The molecule has 0 aliphatic carbocycles. The maximum absolute atomic E-state index is 13.0. The van der Waals surface area contributed by atoms with Crippen molar-refractivity contribution >= 4 is 23.3 Å². The van der Waals surface area contributed by atoms with Crippen LogP contribution in [0.3, 0.4) is 0 Å². The molecule has 0 bridgehead atoms. The van der Waals surface area contributed by atoms with Gasteiger partial charge in [0.1, 0.15) is 5.69 Å². The van der Waals surface area contributed by atoms with E-state index >= 15 is 0 Å². The molecule has 2 heterocycles. The van der Waals surface area contributed by atoms with Crippen LogP contribution >= 0.6 is 0 Å². The number of nitrogens with one attached hydrogen (secondary N) is 1. The maximum atomic E-state index is 13.0. The molecule has 1 aliphatic heterocycles. The second-order valence-electron chi connectivity index (χ2n) is 6.87. The topological polar surface area (TPSA) is 71.5 Å². The average molecular weight is 387 g/mol. The minimum absolute atomic E-state index is 0.0795. The highest BCUT2D eigenvalue weighted by atomic mass is 16.5. The van der Waals surface area contributed by atoms with Crippen molar-refractivity contribution in [3.63, 3.8) is 0 Å². The first kappa shape index (κ1) is 18.7. The minimum atomic E-state index is -0.378. The third kappa shape index (κ3) is 4.11. The van der Waals surface area contributed by atoms with Crippen LogP contribution in [0.5, 0.6) is 0 Å². The van der Waals surface area contributed by atoms with Crippen molar-refractivity contribution in [1.29, 1.82) is 0 Å². The fourth-order valence-electron chi connectivity index (χ4n) is 3.43. The maximum Gasteiger partial charge on any atom is 0.337 e. The van der Waals surface area contributed by atoms with E-state index in [1.54, 1.807) is 42.6 Å². The highest BCUT2D eigenvalue weighted by Crippen LogP contribution is 2.22. The minimum Gasteiger partial charge on any atom is -0.465 e. The number of anilines is 2. The molecule has 0 radical (unpaired) electrons. The number of pyridine rings is 1. The van der Waals surface area contributed by atoms with E-state index in [4.69, 9.17) is 4.74 Å². The highest BCUT2D eigenvalue weighted by molar-refractivity contribution is 5.93. The predicted octanol–water partition coefficient (Wildman–Crippen LogP) is 3.81.